The predicted molar refractivity (Wildman–Crippen MR) is 102 cm³/mol. The van der Waals surface area contributed by atoms with Crippen molar-refractivity contribution < 1.29 is 9.84 Å². The summed E-state index contributed by atoms with van der Waals surface area (Å²) < 4.78 is 5.56. The molecule has 0 saturated heterocycles. The minimum absolute atomic E-state index is 0. The summed E-state index contributed by atoms with van der Waals surface area (Å²) in [7, 11) is 0. The van der Waals surface area contributed by atoms with E-state index in [1.807, 2.05) is 38.1 Å². The zero-order chi connectivity index (χ0) is 15.5. The molecule has 0 aliphatic carbocycles. The standard InChI is InChI=1S/C16H27N3O2.HI/c1-4-9-18-16(17-5-2)19-11-14(20)12-21-15-8-6-7-13(3)10-15;/h6-8,10,14,20H,4-5,9,11-12H2,1-3H3,(H2,17,18,19);1H. The maximum atomic E-state index is 9.93. The number of halogens is 1. The number of nitrogens with one attached hydrogen (secondary N) is 2. The molecule has 22 heavy (non-hydrogen) atoms. The van der Waals surface area contributed by atoms with Gasteiger partial charge in [0.1, 0.15) is 18.5 Å². The molecule has 0 heterocycles. The van der Waals surface area contributed by atoms with Crippen molar-refractivity contribution in [3.8, 4) is 5.75 Å². The van der Waals surface area contributed by atoms with Crippen molar-refractivity contribution >= 4 is 29.9 Å². The first-order chi connectivity index (χ1) is 10.2. The maximum absolute atomic E-state index is 9.93. The largest absolute Gasteiger partial charge is 0.491 e. The third kappa shape index (κ3) is 9.09. The van der Waals surface area contributed by atoms with Crippen LogP contribution >= 0.6 is 24.0 Å². The number of aliphatic hydroxyl groups is 1. The van der Waals surface area contributed by atoms with Gasteiger partial charge < -0.3 is 20.5 Å². The number of benzene rings is 1. The highest BCUT2D eigenvalue weighted by Crippen LogP contribution is 2.12. The highest BCUT2D eigenvalue weighted by Gasteiger charge is 2.05. The third-order valence-corrected chi connectivity index (χ3v) is 2.78. The smallest absolute Gasteiger partial charge is 0.191 e. The van der Waals surface area contributed by atoms with E-state index in [0.717, 1.165) is 36.8 Å². The highest BCUT2D eigenvalue weighted by atomic mass is 127. The predicted octanol–water partition coefficient (Wildman–Crippen LogP) is 2.32. The van der Waals surface area contributed by atoms with Crippen LogP contribution in [0.15, 0.2) is 29.3 Å². The van der Waals surface area contributed by atoms with Crippen LogP contribution in [-0.2, 0) is 0 Å². The lowest BCUT2D eigenvalue weighted by atomic mass is 10.2. The van der Waals surface area contributed by atoms with Crippen molar-refractivity contribution in [3.63, 3.8) is 0 Å². The van der Waals surface area contributed by atoms with Crippen LogP contribution in [0.5, 0.6) is 5.75 Å². The molecule has 1 rings (SSSR count). The van der Waals surface area contributed by atoms with Crippen molar-refractivity contribution in [2.75, 3.05) is 26.2 Å². The Morgan fingerprint density at radius 2 is 2.09 bits per heavy atom. The second kappa shape index (κ2) is 12.5. The molecule has 0 fully saturated rings. The summed E-state index contributed by atoms with van der Waals surface area (Å²) >= 11 is 0. The van der Waals surface area contributed by atoms with Crippen LogP contribution in [0.3, 0.4) is 0 Å². The lowest BCUT2D eigenvalue weighted by molar-refractivity contribution is 0.114. The van der Waals surface area contributed by atoms with Crippen LogP contribution in [0.4, 0.5) is 0 Å². The normalized spacial score (nSPS) is 12.3. The fraction of sp³-hybridized carbons (Fsp3) is 0.562. The SMILES string of the molecule is CCCNC(=NCC(O)COc1cccc(C)c1)NCC.I. The monoisotopic (exact) mass is 421 g/mol. The molecule has 5 nitrogen and oxygen atoms in total. The van der Waals surface area contributed by atoms with Gasteiger partial charge in [0.25, 0.3) is 0 Å². The van der Waals surface area contributed by atoms with Gasteiger partial charge in [-0.05, 0) is 38.0 Å². The van der Waals surface area contributed by atoms with E-state index in [9.17, 15) is 5.11 Å². The fourth-order valence-electron chi connectivity index (χ4n) is 1.73. The molecule has 6 heteroatoms. The number of hydrogen-bond donors (Lipinski definition) is 3. The van der Waals surface area contributed by atoms with Crippen molar-refractivity contribution in [1.82, 2.24) is 10.6 Å². The quantitative estimate of drug-likeness (QED) is 0.343. The van der Waals surface area contributed by atoms with E-state index < -0.39 is 6.10 Å². The highest BCUT2D eigenvalue weighted by molar-refractivity contribution is 14.0. The zero-order valence-corrected chi connectivity index (χ0v) is 16.0. The van der Waals surface area contributed by atoms with Crippen LogP contribution in [0.25, 0.3) is 0 Å². The average molecular weight is 421 g/mol. The Hall–Kier alpha value is -1.02. The first kappa shape index (κ1) is 21.0. The first-order valence-electron chi connectivity index (χ1n) is 7.55. The molecule has 0 radical (unpaired) electrons. The van der Waals surface area contributed by atoms with Crippen molar-refractivity contribution in [3.05, 3.63) is 29.8 Å². The molecular formula is C16H28IN3O2. The molecule has 0 amide bonds. The molecule has 3 N–H and O–H groups in total. The van der Waals surface area contributed by atoms with E-state index in [0.29, 0.717) is 6.54 Å². The van der Waals surface area contributed by atoms with E-state index in [-0.39, 0.29) is 30.6 Å². The Morgan fingerprint density at radius 3 is 2.73 bits per heavy atom. The van der Waals surface area contributed by atoms with Crippen LogP contribution < -0.4 is 15.4 Å². The Balaban J connectivity index is 0.00000441. The van der Waals surface area contributed by atoms with E-state index >= 15 is 0 Å². The topological polar surface area (TPSA) is 65.9 Å². The number of aliphatic imine (C=N–C) groups is 1. The second-order valence-corrected chi connectivity index (χ2v) is 4.93. The number of nitrogens with zero attached hydrogens (tertiary/aromatic N) is 1. The fourth-order valence-corrected chi connectivity index (χ4v) is 1.73. The number of guanidine groups is 1. The average Bonchev–Trinajstić information content (AvgIpc) is 2.48. The van der Waals surface area contributed by atoms with Gasteiger partial charge in [0.2, 0.25) is 0 Å². The summed E-state index contributed by atoms with van der Waals surface area (Å²) in [6, 6.07) is 7.78. The number of aryl methyl sites for hydroxylation is 1. The minimum atomic E-state index is -0.623. The van der Waals surface area contributed by atoms with E-state index in [1.54, 1.807) is 0 Å². The summed E-state index contributed by atoms with van der Waals surface area (Å²) in [4.78, 5) is 4.35. The summed E-state index contributed by atoms with van der Waals surface area (Å²) in [5.41, 5.74) is 1.14. The molecule has 0 aliphatic heterocycles. The lowest BCUT2D eigenvalue weighted by Crippen LogP contribution is -2.38. The number of rotatable bonds is 8. The van der Waals surface area contributed by atoms with Crippen molar-refractivity contribution in [2.45, 2.75) is 33.3 Å². The Bertz CT molecular complexity index is 441. The van der Waals surface area contributed by atoms with Gasteiger partial charge in [0.05, 0.1) is 6.54 Å². The Labute approximate surface area is 150 Å². The summed E-state index contributed by atoms with van der Waals surface area (Å²) in [5, 5.41) is 16.3. The molecule has 0 aliphatic rings. The minimum Gasteiger partial charge on any atom is -0.491 e. The van der Waals surface area contributed by atoms with Crippen LogP contribution in [0, 0.1) is 6.92 Å². The second-order valence-electron chi connectivity index (χ2n) is 4.93. The van der Waals surface area contributed by atoms with Gasteiger partial charge in [-0.2, -0.15) is 0 Å². The van der Waals surface area contributed by atoms with Crippen LogP contribution in [-0.4, -0.2) is 43.4 Å². The molecule has 0 spiro atoms. The molecule has 1 atom stereocenters. The maximum Gasteiger partial charge on any atom is 0.191 e. The number of hydrogen-bond acceptors (Lipinski definition) is 3. The van der Waals surface area contributed by atoms with Crippen molar-refractivity contribution in [1.29, 1.82) is 0 Å². The van der Waals surface area contributed by atoms with E-state index in [1.165, 1.54) is 0 Å². The molecule has 1 aromatic rings. The molecule has 1 aromatic carbocycles. The summed E-state index contributed by atoms with van der Waals surface area (Å²) in [5.74, 6) is 1.50. The van der Waals surface area contributed by atoms with E-state index in [4.69, 9.17) is 4.74 Å². The van der Waals surface area contributed by atoms with Gasteiger partial charge in [0, 0.05) is 13.1 Å². The molecule has 126 valence electrons. The first-order valence-corrected chi connectivity index (χ1v) is 7.55. The van der Waals surface area contributed by atoms with Crippen LogP contribution in [0.1, 0.15) is 25.8 Å². The van der Waals surface area contributed by atoms with Gasteiger partial charge in [-0.3, -0.25) is 4.99 Å². The lowest BCUT2D eigenvalue weighted by Gasteiger charge is -2.13. The van der Waals surface area contributed by atoms with Gasteiger partial charge in [-0.15, -0.1) is 24.0 Å². The van der Waals surface area contributed by atoms with Gasteiger partial charge in [-0.1, -0.05) is 19.1 Å². The van der Waals surface area contributed by atoms with Gasteiger partial charge >= 0.3 is 0 Å². The zero-order valence-electron chi connectivity index (χ0n) is 13.6. The third-order valence-electron chi connectivity index (χ3n) is 2.78. The molecule has 1 unspecified atom stereocenters. The van der Waals surface area contributed by atoms with Crippen molar-refractivity contribution in [2.24, 2.45) is 4.99 Å². The molecule has 0 bridgehead atoms. The molecule has 0 saturated carbocycles. The number of ether oxygens (including phenoxy) is 1. The van der Waals surface area contributed by atoms with Crippen LogP contribution in [0.2, 0.25) is 0 Å². The summed E-state index contributed by atoms with van der Waals surface area (Å²) in [6.07, 6.45) is 0.409. The van der Waals surface area contributed by atoms with E-state index in [2.05, 4.69) is 22.5 Å². The van der Waals surface area contributed by atoms with Gasteiger partial charge in [-0.25, -0.2) is 0 Å². The molecule has 0 aromatic heterocycles. The summed E-state index contributed by atoms with van der Waals surface area (Å²) in [6.45, 7) is 8.33. The molecular weight excluding hydrogens is 393 g/mol. The Kier molecular flexibility index (Phi) is 11.9. The van der Waals surface area contributed by atoms with Gasteiger partial charge in [0.15, 0.2) is 5.96 Å². The Morgan fingerprint density at radius 1 is 1.32 bits per heavy atom. The number of aliphatic hydroxyl groups excluding tert-OH is 1.